The molecule has 9 nitrogen and oxygen atoms in total. The van der Waals surface area contributed by atoms with E-state index in [0.717, 1.165) is 0 Å². The molecule has 0 radical (unpaired) electrons. The maximum absolute atomic E-state index is 12.4. The molecule has 0 aliphatic rings. The van der Waals surface area contributed by atoms with Gasteiger partial charge in [0.2, 0.25) is 0 Å². The van der Waals surface area contributed by atoms with Crippen LogP contribution in [0.5, 0.6) is 5.75 Å². The standard InChI is InChI=1S/C17H14N4O5/c1-2-26-15-8-7-12(21(24)25)9-11(15)10-18-20-16(22)13-5-3-4-6-14(13)19-17(20)23/h3-10H,2H2,1H3,(H,19,23). The second-order valence-corrected chi connectivity index (χ2v) is 5.25. The van der Waals surface area contributed by atoms with Crippen LogP contribution >= 0.6 is 0 Å². The number of aromatic amines is 1. The zero-order chi connectivity index (χ0) is 18.7. The normalized spacial score (nSPS) is 11.1. The molecule has 0 saturated carbocycles. The van der Waals surface area contributed by atoms with Gasteiger partial charge in [-0.25, -0.2) is 4.79 Å². The second-order valence-electron chi connectivity index (χ2n) is 5.25. The monoisotopic (exact) mass is 354 g/mol. The smallest absolute Gasteiger partial charge is 0.349 e. The van der Waals surface area contributed by atoms with E-state index in [1.54, 1.807) is 31.2 Å². The molecule has 9 heteroatoms. The van der Waals surface area contributed by atoms with Crippen molar-refractivity contribution in [3.63, 3.8) is 0 Å². The molecular weight excluding hydrogens is 340 g/mol. The minimum atomic E-state index is -0.714. The first-order valence-corrected chi connectivity index (χ1v) is 7.71. The van der Waals surface area contributed by atoms with E-state index in [9.17, 15) is 19.7 Å². The summed E-state index contributed by atoms with van der Waals surface area (Å²) >= 11 is 0. The summed E-state index contributed by atoms with van der Waals surface area (Å²) in [7, 11) is 0. The topological polar surface area (TPSA) is 120 Å². The molecule has 0 saturated heterocycles. The number of ether oxygens (including phenoxy) is 1. The largest absolute Gasteiger partial charge is 0.493 e. The molecule has 132 valence electrons. The van der Waals surface area contributed by atoms with Crippen LogP contribution in [-0.4, -0.2) is 27.4 Å². The van der Waals surface area contributed by atoms with E-state index in [1.165, 1.54) is 24.4 Å². The number of hydrogen-bond acceptors (Lipinski definition) is 6. The van der Waals surface area contributed by atoms with Crippen LogP contribution in [0, 0.1) is 10.1 Å². The fourth-order valence-electron chi connectivity index (χ4n) is 2.42. The van der Waals surface area contributed by atoms with Crippen molar-refractivity contribution >= 4 is 22.8 Å². The molecule has 0 aliphatic carbocycles. The van der Waals surface area contributed by atoms with E-state index in [-0.39, 0.29) is 11.3 Å². The van der Waals surface area contributed by atoms with Crippen LogP contribution in [0.4, 0.5) is 5.69 Å². The lowest BCUT2D eigenvalue weighted by Gasteiger charge is -2.06. The van der Waals surface area contributed by atoms with E-state index in [0.29, 0.717) is 27.9 Å². The summed E-state index contributed by atoms with van der Waals surface area (Å²) in [4.78, 5) is 37.5. The van der Waals surface area contributed by atoms with Crippen LogP contribution in [0.2, 0.25) is 0 Å². The zero-order valence-corrected chi connectivity index (χ0v) is 13.7. The van der Waals surface area contributed by atoms with E-state index in [2.05, 4.69) is 10.1 Å². The van der Waals surface area contributed by atoms with Crippen molar-refractivity contribution in [2.45, 2.75) is 6.92 Å². The van der Waals surface area contributed by atoms with Crippen LogP contribution in [0.15, 0.2) is 57.2 Å². The Morgan fingerprint density at radius 1 is 1.27 bits per heavy atom. The van der Waals surface area contributed by atoms with Crippen molar-refractivity contribution in [3.8, 4) is 5.75 Å². The highest BCUT2D eigenvalue weighted by atomic mass is 16.6. The number of fused-ring (bicyclic) bond motifs is 1. The molecule has 1 heterocycles. The molecule has 0 amide bonds. The number of non-ortho nitro benzene ring substituents is 1. The number of nitrogens with zero attached hydrogens (tertiary/aromatic N) is 3. The average Bonchev–Trinajstić information content (AvgIpc) is 2.62. The number of benzene rings is 2. The number of aromatic nitrogens is 2. The highest BCUT2D eigenvalue weighted by Gasteiger charge is 2.11. The first kappa shape index (κ1) is 17.1. The fourth-order valence-corrected chi connectivity index (χ4v) is 2.42. The average molecular weight is 354 g/mol. The summed E-state index contributed by atoms with van der Waals surface area (Å²) in [5.41, 5.74) is -0.785. The van der Waals surface area contributed by atoms with Gasteiger partial charge in [0.15, 0.2) is 0 Å². The summed E-state index contributed by atoms with van der Waals surface area (Å²) in [5.74, 6) is 0.354. The first-order chi connectivity index (χ1) is 12.5. The third kappa shape index (κ3) is 3.22. The third-order valence-corrected chi connectivity index (χ3v) is 3.60. The second kappa shape index (κ2) is 7.01. The molecule has 3 aromatic rings. The third-order valence-electron chi connectivity index (χ3n) is 3.60. The van der Waals surface area contributed by atoms with E-state index >= 15 is 0 Å². The number of para-hydroxylation sites is 1. The van der Waals surface area contributed by atoms with Crippen molar-refractivity contribution in [2.24, 2.45) is 5.10 Å². The molecule has 0 unspecified atom stereocenters. The molecule has 0 aliphatic heterocycles. The van der Waals surface area contributed by atoms with Gasteiger partial charge in [-0.3, -0.25) is 14.9 Å². The summed E-state index contributed by atoms with van der Waals surface area (Å²) in [5, 5.41) is 15.2. The number of hydrogen-bond donors (Lipinski definition) is 1. The van der Waals surface area contributed by atoms with Gasteiger partial charge in [0.25, 0.3) is 11.2 Å². The predicted molar refractivity (Wildman–Crippen MR) is 96.1 cm³/mol. The van der Waals surface area contributed by atoms with Gasteiger partial charge in [-0.05, 0) is 25.1 Å². The molecule has 1 N–H and O–H groups in total. The molecule has 3 rings (SSSR count). The first-order valence-electron chi connectivity index (χ1n) is 7.71. The predicted octanol–water partition coefficient (Wildman–Crippen LogP) is 1.88. The van der Waals surface area contributed by atoms with E-state index in [4.69, 9.17) is 4.74 Å². The number of nitro groups is 1. The summed E-state index contributed by atoms with van der Waals surface area (Å²) < 4.78 is 6.07. The number of nitrogens with one attached hydrogen (secondary N) is 1. The Hall–Kier alpha value is -3.75. The minimum absolute atomic E-state index is 0.158. The summed E-state index contributed by atoms with van der Waals surface area (Å²) in [6.07, 6.45) is 1.18. The zero-order valence-electron chi connectivity index (χ0n) is 13.7. The Labute approximate surface area is 146 Å². The molecule has 0 spiro atoms. The highest BCUT2D eigenvalue weighted by molar-refractivity contribution is 5.85. The minimum Gasteiger partial charge on any atom is -0.493 e. The maximum atomic E-state index is 12.4. The lowest BCUT2D eigenvalue weighted by Crippen LogP contribution is -2.32. The van der Waals surface area contributed by atoms with Crippen LogP contribution < -0.4 is 16.0 Å². The van der Waals surface area contributed by atoms with E-state index in [1.807, 2.05) is 0 Å². The van der Waals surface area contributed by atoms with Gasteiger partial charge < -0.3 is 9.72 Å². The molecule has 2 aromatic carbocycles. The maximum Gasteiger partial charge on any atom is 0.349 e. The molecule has 0 atom stereocenters. The van der Waals surface area contributed by atoms with Gasteiger partial charge in [-0.15, -0.1) is 4.68 Å². The lowest BCUT2D eigenvalue weighted by atomic mass is 10.2. The quantitative estimate of drug-likeness (QED) is 0.426. The van der Waals surface area contributed by atoms with Crippen molar-refractivity contribution < 1.29 is 9.66 Å². The Kier molecular flexibility index (Phi) is 4.61. The highest BCUT2D eigenvalue weighted by Crippen LogP contribution is 2.22. The molecular formula is C17H14N4O5. The van der Waals surface area contributed by atoms with Gasteiger partial charge in [0, 0.05) is 17.7 Å². The van der Waals surface area contributed by atoms with Crippen LogP contribution in [0.3, 0.4) is 0 Å². The summed E-state index contributed by atoms with van der Waals surface area (Å²) in [6, 6.07) is 10.5. The van der Waals surface area contributed by atoms with Crippen molar-refractivity contribution in [3.05, 3.63) is 79.0 Å². The molecule has 1 aromatic heterocycles. The van der Waals surface area contributed by atoms with Gasteiger partial charge in [-0.2, -0.15) is 5.10 Å². The number of nitro benzene ring substituents is 1. The summed E-state index contributed by atoms with van der Waals surface area (Å²) in [6.45, 7) is 2.11. The van der Waals surface area contributed by atoms with Crippen LogP contribution in [0.1, 0.15) is 12.5 Å². The van der Waals surface area contributed by atoms with Crippen molar-refractivity contribution in [1.29, 1.82) is 0 Å². The molecule has 0 fully saturated rings. The number of rotatable bonds is 5. The van der Waals surface area contributed by atoms with Crippen molar-refractivity contribution in [2.75, 3.05) is 6.61 Å². The van der Waals surface area contributed by atoms with Crippen LogP contribution in [-0.2, 0) is 0 Å². The van der Waals surface area contributed by atoms with Gasteiger partial charge in [-0.1, -0.05) is 12.1 Å². The fraction of sp³-hybridized carbons (Fsp3) is 0.118. The Morgan fingerprint density at radius 3 is 2.77 bits per heavy atom. The SMILES string of the molecule is CCOc1ccc([N+](=O)[O-])cc1C=Nn1c(=O)[nH]c2ccccc2c1=O. The number of H-pyrrole nitrogens is 1. The Morgan fingerprint density at radius 2 is 2.04 bits per heavy atom. The van der Waals surface area contributed by atoms with Gasteiger partial charge in [0.1, 0.15) is 5.75 Å². The lowest BCUT2D eigenvalue weighted by molar-refractivity contribution is -0.384. The Balaban J connectivity index is 2.12. The molecule has 26 heavy (non-hydrogen) atoms. The van der Waals surface area contributed by atoms with Crippen molar-refractivity contribution in [1.82, 2.24) is 9.66 Å². The van der Waals surface area contributed by atoms with Gasteiger partial charge in [0.05, 0.1) is 28.6 Å². The van der Waals surface area contributed by atoms with E-state index < -0.39 is 16.2 Å². The molecule has 0 bridgehead atoms. The van der Waals surface area contributed by atoms with Gasteiger partial charge >= 0.3 is 5.69 Å². The van der Waals surface area contributed by atoms with Crippen LogP contribution in [0.25, 0.3) is 10.9 Å². The Bertz CT molecular complexity index is 1130.